The zero-order valence-corrected chi connectivity index (χ0v) is 17.1. The Hall–Kier alpha value is -2.13. The van der Waals surface area contributed by atoms with Crippen LogP contribution in [0.5, 0.6) is 0 Å². The van der Waals surface area contributed by atoms with Crippen LogP contribution < -0.4 is 10.6 Å². The molecular formula is C19H23IN4O2. The third kappa shape index (κ3) is 4.95. The standard InChI is InChI=1S/C19H22N4O2.HI/c1-13-7-8-18(25-13)17(24)12-23-19(20-2)22-11-16-15-6-4-3-5-14(15)9-10-21-16;/h3-10,17,24H,11-12H2,1-2H3,(H2,20,22,23);1H. The highest BCUT2D eigenvalue weighted by Gasteiger charge is 2.12. The molecule has 0 aliphatic carbocycles. The number of aromatic nitrogens is 1. The third-order valence-corrected chi connectivity index (χ3v) is 3.96. The Kier molecular flexibility index (Phi) is 7.40. The highest BCUT2D eigenvalue weighted by atomic mass is 127. The number of fused-ring (bicyclic) bond motifs is 1. The molecule has 3 aromatic rings. The van der Waals surface area contributed by atoms with E-state index in [1.54, 1.807) is 19.3 Å². The van der Waals surface area contributed by atoms with Gasteiger partial charge in [-0.05, 0) is 30.5 Å². The number of benzene rings is 1. The lowest BCUT2D eigenvalue weighted by Crippen LogP contribution is -2.39. The number of halogens is 1. The first-order chi connectivity index (χ1) is 12.2. The molecule has 7 heteroatoms. The molecule has 0 spiro atoms. The second-order valence-corrected chi connectivity index (χ2v) is 5.75. The number of aliphatic hydroxyl groups excluding tert-OH is 1. The lowest BCUT2D eigenvalue weighted by molar-refractivity contribution is 0.151. The monoisotopic (exact) mass is 466 g/mol. The van der Waals surface area contributed by atoms with Crippen LogP contribution in [0, 0.1) is 6.92 Å². The number of aliphatic hydroxyl groups is 1. The van der Waals surface area contributed by atoms with Gasteiger partial charge in [-0.3, -0.25) is 9.98 Å². The Bertz CT molecular complexity index is 873. The predicted molar refractivity (Wildman–Crippen MR) is 114 cm³/mol. The van der Waals surface area contributed by atoms with Crippen LogP contribution in [0.1, 0.15) is 23.3 Å². The number of furan rings is 1. The number of pyridine rings is 1. The Morgan fingerprint density at radius 3 is 2.73 bits per heavy atom. The lowest BCUT2D eigenvalue weighted by atomic mass is 10.1. The number of nitrogens with one attached hydrogen (secondary N) is 2. The first-order valence-electron chi connectivity index (χ1n) is 8.19. The van der Waals surface area contributed by atoms with Crippen molar-refractivity contribution in [2.24, 2.45) is 4.99 Å². The minimum Gasteiger partial charge on any atom is -0.464 e. The van der Waals surface area contributed by atoms with Crippen molar-refractivity contribution < 1.29 is 9.52 Å². The van der Waals surface area contributed by atoms with E-state index >= 15 is 0 Å². The highest BCUT2D eigenvalue weighted by Crippen LogP contribution is 2.16. The van der Waals surface area contributed by atoms with Crippen LogP contribution in [0.2, 0.25) is 0 Å². The van der Waals surface area contributed by atoms with Crippen molar-refractivity contribution in [1.82, 2.24) is 15.6 Å². The largest absolute Gasteiger partial charge is 0.464 e. The van der Waals surface area contributed by atoms with E-state index in [1.807, 2.05) is 31.2 Å². The summed E-state index contributed by atoms with van der Waals surface area (Å²) >= 11 is 0. The topological polar surface area (TPSA) is 82.7 Å². The molecule has 3 N–H and O–H groups in total. The minimum atomic E-state index is -0.733. The fourth-order valence-corrected chi connectivity index (χ4v) is 2.64. The van der Waals surface area contributed by atoms with Crippen LogP contribution in [0.4, 0.5) is 0 Å². The molecule has 1 unspecified atom stereocenters. The first-order valence-corrected chi connectivity index (χ1v) is 8.19. The first kappa shape index (κ1) is 20.2. The molecule has 2 heterocycles. The van der Waals surface area contributed by atoms with Gasteiger partial charge in [-0.15, -0.1) is 24.0 Å². The van der Waals surface area contributed by atoms with Crippen molar-refractivity contribution in [2.45, 2.75) is 19.6 Å². The Morgan fingerprint density at radius 1 is 1.19 bits per heavy atom. The second kappa shape index (κ2) is 9.54. The summed E-state index contributed by atoms with van der Waals surface area (Å²) in [4.78, 5) is 8.63. The van der Waals surface area contributed by atoms with E-state index in [2.05, 4.69) is 32.7 Å². The minimum absolute atomic E-state index is 0. The average molecular weight is 466 g/mol. The van der Waals surface area contributed by atoms with E-state index in [1.165, 1.54) is 0 Å². The van der Waals surface area contributed by atoms with Crippen LogP contribution in [-0.4, -0.2) is 29.6 Å². The van der Waals surface area contributed by atoms with E-state index in [4.69, 9.17) is 4.42 Å². The molecule has 0 aliphatic rings. The van der Waals surface area contributed by atoms with Crippen molar-refractivity contribution in [3.63, 3.8) is 0 Å². The van der Waals surface area contributed by atoms with E-state index in [0.29, 0.717) is 24.8 Å². The van der Waals surface area contributed by atoms with Crippen LogP contribution in [0.25, 0.3) is 10.8 Å². The molecule has 0 bridgehead atoms. The van der Waals surface area contributed by atoms with Gasteiger partial charge < -0.3 is 20.2 Å². The molecule has 0 fully saturated rings. The SMILES string of the molecule is CN=C(NCc1nccc2ccccc12)NCC(O)c1ccc(C)o1.I. The lowest BCUT2D eigenvalue weighted by Gasteiger charge is -2.14. The second-order valence-electron chi connectivity index (χ2n) is 5.75. The fourth-order valence-electron chi connectivity index (χ4n) is 2.64. The third-order valence-electron chi connectivity index (χ3n) is 3.96. The van der Waals surface area contributed by atoms with Gasteiger partial charge in [0.25, 0.3) is 0 Å². The zero-order valence-electron chi connectivity index (χ0n) is 14.8. The van der Waals surface area contributed by atoms with Crippen molar-refractivity contribution in [3.8, 4) is 0 Å². The molecule has 0 radical (unpaired) electrons. The highest BCUT2D eigenvalue weighted by molar-refractivity contribution is 14.0. The summed E-state index contributed by atoms with van der Waals surface area (Å²) in [5.74, 6) is 1.91. The normalized spacial score (nSPS) is 12.5. The fraction of sp³-hybridized carbons (Fsp3) is 0.263. The maximum absolute atomic E-state index is 10.2. The van der Waals surface area contributed by atoms with Gasteiger partial charge >= 0.3 is 0 Å². The molecule has 0 saturated carbocycles. The molecule has 0 aliphatic heterocycles. The molecule has 1 atom stereocenters. The smallest absolute Gasteiger partial charge is 0.191 e. The number of rotatable bonds is 5. The summed E-state index contributed by atoms with van der Waals surface area (Å²) in [7, 11) is 1.69. The maximum Gasteiger partial charge on any atom is 0.191 e. The van der Waals surface area contributed by atoms with Crippen LogP contribution in [0.15, 0.2) is 58.1 Å². The Labute approximate surface area is 169 Å². The zero-order chi connectivity index (χ0) is 17.6. The van der Waals surface area contributed by atoms with Gasteiger partial charge in [-0.1, -0.05) is 24.3 Å². The summed E-state index contributed by atoms with van der Waals surface area (Å²) in [6.07, 6.45) is 1.07. The van der Waals surface area contributed by atoms with Gasteiger partial charge in [-0.25, -0.2) is 0 Å². The Balaban J connectivity index is 0.00000243. The number of nitrogens with zero attached hydrogens (tertiary/aromatic N) is 2. The molecule has 6 nitrogen and oxygen atoms in total. The molecule has 0 saturated heterocycles. The quantitative estimate of drug-likeness (QED) is 0.306. The predicted octanol–water partition coefficient (Wildman–Crippen LogP) is 3.15. The van der Waals surface area contributed by atoms with Crippen molar-refractivity contribution in [2.75, 3.05) is 13.6 Å². The van der Waals surface area contributed by atoms with Crippen LogP contribution in [-0.2, 0) is 6.54 Å². The van der Waals surface area contributed by atoms with E-state index in [9.17, 15) is 5.11 Å². The molecule has 3 rings (SSSR count). The summed E-state index contributed by atoms with van der Waals surface area (Å²) < 4.78 is 5.43. The molecule has 1 aromatic carbocycles. The van der Waals surface area contributed by atoms with Crippen LogP contribution in [0.3, 0.4) is 0 Å². The summed E-state index contributed by atoms with van der Waals surface area (Å²) in [5.41, 5.74) is 0.947. The van der Waals surface area contributed by atoms with Crippen molar-refractivity contribution in [1.29, 1.82) is 0 Å². The van der Waals surface area contributed by atoms with Gasteiger partial charge in [0.1, 0.15) is 17.6 Å². The van der Waals surface area contributed by atoms with Crippen molar-refractivity contribution >= 4 is 40.7 Å². The number of aliphatic imine (C=N–C) groups is 1. The molecular weight excluding hydrogens is 443 g/mol. The van der Waals surface area contributed by atoms with Gasteiger partial charge in [-0.2, -0.15) is 0 Å². The summed E-state index contributed by atoms with van der Waals surface area (Å²) in [6.45, 7) is 2.69. The maximum atomic E-state index is 10.2. The number of aryl methyl sites for hydroxylation is 1. The molecule has 26 heavy (non-hydrogen) atoms. The van der Waals surface area contributed by atoms with Gasteiger partial charge in [0.05, 0.1) is 18.8 Å². The van der Waals surface area contributed by atoms with Crippen LogP contribution >= 0.6 is 24.0 Å². The van der Waals surface area contributed by atoms with E-state index < -0.39 is 6.10 Å². The average Bonchev–Trinajstić information content (AvgIpc) is 3.08. The molecule has 138 valence electrons. The van der Waals surface area contributed by atoms with E-state index in [0.717, 1.165) is 22.2 Å². The summed E-state index contributed by atoms with van der Waals surface area (Å²) in [5, 5.41) is 18.7. The van der Waals surface area contributed by atoms with Gasteiger partial charge in [0, 0.05) is 18.6 Å². The van der Waals surface area contributed by atoms with Gasteiger partial charge in [0.15, 0.2) is 5.96 Å². The summed E-state index contributed by atoms with van der Waals surface area (Å²) in [6, 6.07) is 13.7. The van der Waals surface area contributed by atoms with E-state index in [-0.39, 0.29) is 24.0 Å². The number of hydrogen-bond acceptors (Lipinski definition) is 4. The van der Waals surface area contributed by atoms with Crippen molar-refractivity contribution in [3.05, 3.63) is 65.9 Å². The molecule has 0 amide bonds. The number of hydrogen-bond donors (Lipinski definition) is 3. The molecule has 2 aromatic heterocycles. The van der Waals surface area contributed by atoms with Gasteiger partial charge in [0.2, 0.25) is 0 Å². The Morgan fingerprint density at radius 2 is 2.00 bits per heavy atom. The number of guanidine groups is 1.